The Balaban J connectivity index is 4.44. The van der Waals surface area contributed by atoms with Crippen LogP contribution in [0.15, 0.2) is 48.6 Å². The van der Waals surface area contributed by atoms with Gasteiger partial charge in [-0.1, -0.05) is 223 Å². The molecule has 0 saturated carbocycles. The van der Waals surface area contributed by atoms with Crippen molar-refractivity contribution < 1.29 is 28.6 Å². The molecule has 0 spiro atoms. The first-order valence-electron chi connectivity index (χ1n) is 26.2. The molecule has 0 fully saturated rings. The number of esters is 3. The standard InChI is InChI=1S/C55H98O6/c1-4-7-10-13-16-19-22-24-26-28-30-33-36-39-42-45-48-54(57)60-51-52(50-59-53(56)47-44-41-38-35-32-21-18-15-12-9-6-3)61-55(58)49-46-43-40-37-34-31-29-27-25-23-20-17-14-11-8-5-2/h26-31,33-34,52H,4-25,32,35-51H2,1-3H3/b28-26-,29-27-,33-30-,34-31-. The van der Waals surface area contributed by atoms with Crippen molar-refractivity contribution in [2.24, 2.45) is 0 Å². The minimum Gasteiger partial charge on any atom is -0.462 e. The molecule has 0 N–H and O–H groups in total. The first kappa shape index (κ1) is 58.4. The summed E-state index contributed by atoms with van der Waals surface area (Å²) in [4.78, 5) is 37.9. The third-order valence-electron chi connectivity index (χ3n) is 11.4. The molecule has 0 radical (unpaired) electrons. The summed E-state index contributed by atoms with van der Waals surface area (Å²) in [6.45, 7) is 6.59. The van der Waals surface area contributed by atoms with E-state index >= 15 is 0 Å². The van der Waals surface area contributed by atoms with Crippen molar-refractivity contribution in [2.75, 3.05) is 13.2 Å². The minimum atomic E-state index is -0.794. The molecule has 354 valence electrons. The van der Waals surface area contributed by atoms with Gasteiger partial charge in [-0.3, -0.25) is 14.4 Å². The topological polar surface area (TPSA) is 78.9 Å². The quantitative estimate of drug-likeness (QED) is 0.0263. The van der Waals surface area contributed by atoms with Gasteiger partial charge in [0.15, 0.2) is 6.10 Å². The van der Waals surface area contributed by atoms with Crippen molar-refractivity contribution >= 4 is 17.9 Å². The number of allylic oxidation sites excluding steroid dienone is 8. The number of carbonyl (C=O) groups is 3. The average molecular weight is 855 g/mol. The molecule has 0 rings (SSSR count). The minimum absolute atomic E-state index is 0.0903. The van der Waals surface area contributed by atoms with Gasteiger partial charge in [0.05, 0.1) is 0 Å². The Morgan fingerprint density at radius 3 is 0.885 bits per heavy atom. The van der Waals surface area contributed by atoms with Gasteiger partial charge in [-0.25, -0.2) is 0 Å². The Morgan fingerprint density at radius 2 is 0.574 bits per heavy atom. The van der Waals surface area contributed by atoms with Crippen LogP contribution in [-0.2, 0) is 28.6 Å². The van der Waals surface area contributed by atoms with E-state index in [4.69, 9.17) is 14.2 Å². The SMILES string of the molecule is CCCCCCCCC/C=C\C=C/CCCCCC(=O)OCC(COC(=O)CCCCCCCCCCCCC)OC(=O)CCCCC/C=C\C=C/CCCCCCCCC. The summed E-state index contributed by atoms with van der Waals surface area (Å²) in [7, 11) is 0. The molecule has 0 aliphatic heterocycles. The summed E-state index contributed by atoms with van der Waals surface area (Å²) in [5.41, 5.74) is 0. The molecule has 6 nitrogen and oxygen atoms in total. The van der Waals surface area contributed by atoms with Crippen LogP contribution in [0.2, 0.25) is 0 Å². The van der Waals surface area contributed by atoms with E-state index in [-0.39, 0.29) is 31.1 Å². The van der Waals surface area contributed by atoms with Crippen LogP contribution in [0.3, 0.4) is 0 Å². The van der Waals surface area contributed by atoms with Gasteiger partial charge >= 0.3 is 17.9 Å². The van der Waals surface area contributed by atoms with Crippen LogP contribution < -0.4 is 0 Å². The molecule has 61 heavy (non-hydrogen) atoms. The van der Waals surface area contributed by atoms with E-state index in [1.54, 1.807) is 0 Å². The summed E-state index contributed by atoms with van der Waals surface area (Å²) in [5.74, 6) is -0.938. The van der Waals surface area contributed by atoms with Gasteiger partial charge < -0.3 is 14.2 Å². The lowest BCUT2D eigenvalue weighted by atomic mass is 10.1. The fourth-order valence-electron chi connectivity index (χ4n) is 7.37. The number of rotatable bonds is 47. The highest BCUT2D eigenvalue weighted by molar-refractivity contribution is 5.71. The molecule has 6 heteroatoms. The third kappa shape index (κ3) is 48.3. The van der Waals surface area contributed by atoms with E-state index in [2.05, 4.69) is 69.4 Å². The molecule has 0 aromatic heterocycles. The van der Waals surface area contributed by atoms with Gasteiger partial charge in [0, 0.05) is 19.3 Å². The molecule has 0 aromatic rings. The van der Waals surface area contributed by atoms with Crippen LogP contribution in [0.1, 0.15) is 265 Å². The molecule has 0 amide bonds. The van der Waals surface area contributed by atoms with Crippen LogP contribution in [0, 0.1) is 0 Å². The maximum Gasteiger partial charge on any atom is 0.306 e. The molecule has 0 saturated heterocycles. The normalized spacial score (nSPS) is 12.4. The van der Waals surface area contributed by atoms with E-state index in [0.29, 0.717) is 19.3 Å². The van der Waals surface area contributed by atoms with E-state index in [9.17, 15) is 14.4 Å². The Labute approximate surface area is 378 Å². The Bertz CT molecular complexity index is 1070. The molecule has 1 atom stereocenters. The number of carbonyl (C=O) groups excluding carboxylic acids is 3. The second-order valence-corrected chi connectivity index (χ2v) is 17.5. The molecule has 0 heterocycles. The van der Waals surface area contributed by atoms with Crippen LogP contribution in [0.4, 0.5) is 0 Å². The van der Waals surface area contributed by atoms with Gasteiger partial charge in [-0.05, 0) is 70.6 Å². The number of hydrogen-bond donors (Lipinski definition) is 0. The molecular weight excluding hydrogens is 757 g/mol. The van der Waals surface area contributed by atoms with E-state index < -0.39 is 6.10 Å². The van der Waals surface area contributed by atoms with E-state index in [1.807, 2.05) is 0 Å². The van der Waals surface area contributed by atoms with Gasteiger partial charge in [-0.2, -0.15) is 0 Å². The first-order chi connectivity index (χ1) is 30.0. The summed E-state index contributed by atoms with van der Waals surface area (Å²) in [6.07, 6.45) is 59.5. The van der Waals surface area contributed by atoms with Gasteiger partial charge in [0.25, 0.3) is 0 Å². The maximum atomic E-state index is 12.8. The van der Waals surface area contributed by atoms with Gasteiger partial charge in [0.1, 0.15) is 13.2 Å². The lowest BCUT2D eigenvalue weighted by Gasteiger charge is -2.18. The third-order valence-corrected chi connectivity index (χ3v) is 11.4. The monoisotopic (exact) mass is 855 g/mol. The average Bonchev–Trinajstić information content (AvgIpc) is 3.26. The van der Waals surface area contributed by atoms with Gasteiger partial charge in [0.2, 0.25) is 0 Å². The number of unbranched alkanes of at least 4 members (excludes halogenated alkanes) is 30. The van der Waals surface area contributed by atoms with Crippen molar-refractivity contribution in [2.45, 2.75) is 271 Å². The lowest BCUT2D eigenvalue weighted by Crippen LogP contribution is -2.30. The summed E-state index contributed by atoms with van der Waals surface area (Å²) in [6, 6.07) is 0. The molecule has 0 aliphatic carbocycles. The van der Waals surface area contributed by atoms with Crippen molar-refractivity contribution in [1.82, 2.24) is 0 Å². The predicted molar refractivity (Wildman–Crippen MR) is 261 cm³/mol. The zero-order valence-electron chi connectivity index (χ0n) is 40.4. The summed E-state index contributed by atoms with van der Waals surface area (Å²) in [5, 5.41) is 0. The fourth-order valence-corrected chi connectivity index (χ4v) is 7.37. The van der Waals surface area contributed by atoms with Crippen molar-refractivity contribution in [3.8, 4) is 0 Å². The van der Waals surface area contributed by atoms with Crippen LogP contribution in [0.25, 0.3) is 0 Å². The van der Waals surface area contributed by atoms with Crippen LogP contribution >= 0.6 is 0 Å². The summed E-state index contributed by atoms with van der Waals surface area (Å²) < 4.78 is 16.7. The molecule has 0 aliphatic rings. The first-order valence-corrected chi connectivity index (χ1v) is 26.2. The number of hydrogen-bond acceptors (Lipinski definition) is 6. The highest BCUT2D eigenvalue weighted by atomic mass is 16.6. The Morgan fingerprint density at radius 1 is 0.328 bits per heavy atom. The van der Waals surface area contributed by atoms with E-state index in [1.165, 1.54) is 141 Å². The van der Waals surface area contributed by atoms with Crippen molar-refractivity contribution in [1.29, 1.82) is 0 Å². The molecular formula is C55H98O6. The zero-order valence-corrected chi connectivity index (χ0v) is 40.4. The highest BCUT2D eigenvalue weighted by Crippen LogP contribution is 2.14. The molecule has 0 aromatic carbocycles. The van der Waals surface area contributed by atoms with Crippen LogP contribution in [0.5, 0.6) is 0 Å². The fraction of sp³-hybridized carbons (Fsp3) is 0.800. The van der Waals surface area contributed by atoms with Crippen LogP contribution in [-0.4, -0.2) is 37.2 Å². The van der Waals surface area contributed by atoms with E-state index in [0.717, 1.165) is 83.5 Å². The lowest BCUT2D eigenvalue weighted by molar-refractivity contribution is -0.167. The maximum absolute atomic E-state index is 12.8. The molecule has 0 bridgehead atoms. The second-order valence-electron chi connectivity index (χ2n) is 17.5. The van der Waals surface area contributed by atoms with Crippen molar-refractivity contribution in [3.63, 3.8) is 0 Å². The second kappa shape index (κ2) is 50.0. The van der Waals surface area contributed by atoms with Gasteiger partial charge in [-0.15, -0.1) is 0 Å². The zero-order chi connectivity index (χ0) is 44.4. The highest BCUT2D eigenvalue weighted by Gasteiger charge is 2.19. The van der Waals surface area contributed by atoms with Crippen molar-refractivity contribution in [3.05, 3.63) is 48.6 Å². The Kier molecular flexibility index (Phi) is 47.9. The number of ether oxygens (including phenoxy) is 3. The Hall–Kier alpha value is -2.63. The smallest absolute Gasteiger partial charge is 0.306 e. The molecule has 1 unspecified atom stereocenters. The predicted octanol–water partition coefficient (Wildman–Crippen LogP) is 17.1. The largest absolute Gasteiger partial charge is 0.462 e. The summed E-state index contributed by atoms with van der Waals surface area (Å²) >= 11 is 0.